The van der Waals surface area contributed by atoms with Crippen molar-refractivity contribution in [3.63, 3.8) is 0 Å². The molecule has 1 saturated carbocycles. The van der Waals surface area contributed by atoms with Gasteiger partial charge in [-0.25, -0.2) is 17.8 Å². The molecular formula is C38H48FN5O5S2. The lowest BCUT2D eigenvalue weighted by molar-refractivity contribution is -0.132. The molecule has 5 rings (SSSR count). The fourth-order valence-electron chi connectivity index (χ4n) is 6.19. The topological polar surface area (TPSA) is 141 Å². The maximum atomic E-state index is 14.0. The highest BCUT2D eigenvalue weighted by atomic mass is 32.2. The van der Waals surface area contributed by atoms with Gasteiger partial charge in [0, 0.05) is 18.6 Å². The summed E-state index contributed by atoms with van der Waals surface area (Å²) in [5.74, 6) is -1.30. The Morgan fingerprint density at radius 3 is 2.37 bits per heavy atom. The molecule has 1 aliphatic carbocycles. The van der Waals surface area contributed by atoms with Gasteiger partial charge in [-0.05, 0) is 72.1 Å². The number of carbonyl (C=O) groups excluding carboxylic acids is 2. The van der Waals surface area contributed by atoms with Crippen LogP contribution in [0.15, 0.2) is 83.2 Å². The van der Waals surface area contributed by atoms with Crippen LogP contribution in [0, 0.1) is 17.2 Å². The van der Waals surface area contributed by atoms with Gasteiger partial charge in [-0.3, -0.25) is 14.9 Å². The van der Waals surface area contributed by atoms with Crippen LogP contribution in [0.3, 0.4) is 0 Å². The largest absolute Gasteiger partial charge is 0.390 e. The molecule has 4 N–H and O–H groups in total. The number of benzene rings is 3. The molecule has 1 aliphatic rings. The van der Waals surface area contributed by atoms with Crippen LogP contribution in [0.2, 0.25) is 0 Å². The van der Waals surface area contributed by atoms with E-state index >= 15 is 0 Å². The molecule has 1 unspecified atom stereocenters. The normalized spacial score (nSPS) is 16.2. The number of hydrogen-bond acceptors (Lipinski definition) is 8. The first kappa shape index (κ1) is 38.5. The second-order valence-corrected chi connectivity index (χ2v) is 17.7. The van der Waals surface area contributed by atoms with Crippen molar-refractivity contribution in [3.05, 3.63) is 95.3 Å². The molecule has 1 fully saturated rings. The van der Waals surface area contributed by atoms with Crippen molar-refractivity contribution < 1.29 is 27.5 Å². The second-order valence-electron chi connectivity index (χ2n) is 14.9. The molecule has 10 nitrogen and oxygen atoms in total. The maximum absolute atomic E-state index is 14.0. The van der Waals surface area contributed by atoms with Crippen LogP contribution in [0.1, 0.15) is 58.6 Å². The first-order valence-electron chi connectivity index (χ1n) is 17.2. The minimum Gasteiger partial charge on any atom is -0.390 e. The zero-order valence-electron chi connectivity index (χ0n) is 29.7. The van der Waals surface area contributed by atoms with Gasteiger partial charge < -0.3 is 15.7 Å². The Morgan fingerprint density at radius 1 is 1.00 bits per heavy atom. The summed E-state index contributed by atoms with van der Waals surface area (Å²) in [6.07, 6.45) is 0.442. The Bertz CT molecular complexity index is 1930. The molecular weight excluding hydrogens is 690 g/mol. The lowest BCUT2D eigenvalue weighted by Crippen LogP contribution is -2.59. The Labute approximate surface area is 303 Å². The summed E-state index contributed by atoms with van der Waals surface area (Å²) < 4.78 is 44.0. The first-order chi connectivity index (χ1) is 24.1. The third-order valence-electron chi connectivity index (χ3n) is 9.14. The molecule has 274 valence electrons. The van der Waals surface area contributed by atoms with E-state index in [0.717, 1.165) is 28.7 Å². The number of fused-ring (bicyclic) bond motifs is 1. The van der Waals surface area contributed by atoms with Crippen molar-refractivity contribution in [1.29, 1.82) is 0 Å². The molecule has 2 amide bonds. The third-order valence-corrected chi connectivity index (χ3v) is 11.8. The SMILES string of the molecule is CC(C)CN(C[C@@H](O)[C@H](Cc1ccccc1)NC(=O)C(NC(=O)CNC1(c2cccc(F)c2)CC1)C(C)(C)C)S(=O)(=O)c1ccc2ncsc2c1. The Morgan fingerprint density at radius 2 is 1.73 bits per heavy atom. The molecule has 0 spiro atoms. The van der Waals surface area contributed by atoms with Gasteiger partial charge in [0.25, 0.3) is 0 Å². The van der Waals surface area contributed by atoms with Crippen molar-refractivity contribution in [2.45, 2.75) is 82.5 Å². The smallest absolute Gasteiger partial charge is 0.243 e. The summed E-state index contributed by atoms with van der Waals surface area (Å²) >= 11 is 1.35. The predicted molar refractivity (Wildman–Crippen MR) is 198 cm³/mol. The molecule has 0 radical (unpaired) electrons. The number of aliphatic hydroxyl groups is 1. The van der Waals surface area contributed by atoms with Crippen molar-refractivity contribution in [2.24, 2.45) is 11.3 Å². The highest BCUT2D eigenvalue weighted by Crippen LogP contribution is 2.45. The van der Waals surface area contributed by atoms with Crippen LogP contribution in [0.25, 0.3) is 10.2 Å². The zero-order valence-corrected chi connectivity index (χ0v) is 31.4. The van der Waals surface area contributed by atoms with Gasteiger partial charge in [-0.15, -0.1) is 11.3 Å². The van der Waals surface area contributed by atoms with Crippen LogP contribution in [0.4, 0.5) is 4.39 Å². The minimum atomic E-state index is -4.03. The fourth-order valence-corrected chi connectivity index (χ4v) is 8.63. The van der Waals surface area contributed by atoms with Crippen molar-refractivity contribution in [2.75, 3.05) is 19.6 Å². The van der Waals surface area contributed by atoms with Crippen LogP contribution in [-0.2, 0) is 31.6 Å². The number of carbonyl (C=O) groups is 2. The highest BCUT2D eigenvalue weighted by Gasteiger charge is 2.45. The minimum absolute atomic E-state index is 0.0499. The van der Waals surface area contributed by atoms with Crippen LogP contribution >= 0.6 is 11.3 Å². The third kappa shape index (κ3) is 9.78. The van der Waals surface area contributed by atoms with Gasteiger partial charge in [-0.1, -0.05) is 77.1 Å². The Kier molecular flexibility index (Phi) is 12.0. The van der Waals surface area contributed by atoms with E-state index in [1.54, 1.807) is 23.7 Å². The van der Waals surface area contributed by atoms with E-state index < -0.39 is 51.0 Å². The molecule has 0 saturated heterocycles. The summed E-state index contributed by atoms with van der Waals surface area (Å²) in [6.45, 7) is 9.10. The van der Waals surface area contributed by atoms with Crippen molar-refractivity contribution in [1.82, 2.24) is 25.2 Å². The molecule has 1 heterocycles. The van der Waals surface area contributed by atoms with Gasteiger partial charge in [0.1, 0.15) is 11.9 Å². The number of aromatic nitrogens is 1. The second kappa shape index (κ2) is 15.9. The van der Waals surface area contributed by atoms with Gasteiger partial charge in [0.05, 0.1) is 39.3 Å². The molecule has 1 aromatic heterocycles. The van der Waals surface area contributed by atoms with Gasteiger partial charge in [0.2, 0.25) is 21.8 Å². The van der Waals surface area contributed by atoms with E-state index in [-0.39, 0.29) is 42.7 Å². The number of nitrogens with zero attached hydrogens (tertiary/aromatic N) is 2. The standard InChI is InChI=1S/C38H48FN5O5S2/c1-25(2)22-44(51(48,49)29-14-15-30-33(20-29)50-24-40-30)23-32(45)31(18-26-10-7-6-8-11-26)42-36(47)35(37(3,4)5)43-34(46)21-41-38(16-17-38)27-12-9-13-28(39)19-27/h6-15,19-20,24-25,31-32,35,41,45H,16-18,21-23H2,1-5H3,(H,42,47)(H,43,46)/t31-,32+,35?/m0/s1. The number of thiazole rings is 1. The molecule has 0 aliphatic heterocycles. The zero-order chi connectivity index (χ0) is 37.0. The predicted octanol–water partition coefficient (Wildman–Crippen LogP) is 4.98. The molecule has 4 aromatic rings. The molecule has 3 atom stereocenters. The number of aliphatic hydroxyl groups excluding tert-OH is 1. The fraction of sp³-hybridized carbons (Fsp3) is 0.447. The number of nitrogens with one attached hydrogen (secondary N) is 3. The number of amides is 2. The summed E-state index contributed by atoms with van der Waals surface area (Å²) in [5.41, 5.74) is 2.77. The Hall–Kier alpha value is -3.75. The maximum Gasteiger partial charge on any atom is 0.243 e. The lowest BCUT2D eigenvalue weighted by atomic mass is 9.85. The number of sulfonamides is 1. The van der Waals surface area contributed by atoms with E-state index in [1.165, 1.54) is 33.8 Å². The van der Waals surface area contributed by atoms with E-state index in [9.17, 15) is 27.5 Å². The molecule has 3 aromatic carbocycles. The average Bonchev–Trinajstić information content (AvgIpc) is 3.72. The van der Waals surface area contributed by atoms with Crippen LogP contribution in [0.5, 0.6) is 0 Å². The average molecular weight is 738 g/mol. The first-order valence-corrected chi connectivity index (χ1v) is 19.6. The van der Waals surface area contributed by atoms with E-state index in [2.05, 4.69) is 20.9 Å². The highest BCUT2D eigenvalue weighted by molar-refractivity contribution is 7.89. The van der Waals surface area contributed by atoms with Crippen molar-refractivity contribution in [3.8, 4) is 0 Å². The molecule has 13 heteroatoms. The van der Waals surface area contributed by atoms with Gasteiger partial charge in [-0.2, -0.15) is 4.31 Å². The van der Waals surface area contributed by atoms with Crippen LogP contribution in [-0.4, -0.2) is 72.4 Å². The quantitative estimate of drug-likeness (QED) is 0.127. The van der Waals surface area contributed by atoms with E-state index in [1.807, 2.05) is 71.0 Å². The summed E-state index contributed by atoms with van der Waals surface area (Å²) in [6, 6.07) is 18.6. The van der Waals surface area contributed by atoms with E-state index in [4.69, 9.17) is 0 Å². The van der Waals surface area contributed by atoms with E-state index in [0.29, 0.717) is 5.52 Å². The summed E-state index contributed by atoms with van der Waals surface area (Å²) in [7, 11) is -4.03. The monoisotopic (exact) mass is 737 g/mol. The number of rotatable bonds is 16. The lowest BCUT2D eigenvalue weighted by Gasteiger charge is -2.34. The summed E-state index contributed by atoms with van der Waals surface area (Å²) in [4.78, 5) is 31.7. The summed E-state index contributed by atoms with van der Waals surface area (Å²) in [5, 5.41) is 20.9. The Balaban J connectivity index is 1.33. The molecule has 0 bridgehead atoms. The number of halogens is 1. The van der Waals surface area contributed by atoms with Crippen molar-refractivity contribution >= 4 is 43.4 Å². The van der Waals surface area contributed by atoms with Gasteiger partial charge in [0.15, 0.2) is 0 Å². The number of hydrogen-bond donors (Lipinski definition) is 4. The van der Waals surface area contributed by atoms with Gasteiger partial charge >= 0.3 is 0 Å². The van der Waals surface area contributed by atoms with Crippen LogP contribution < -0.4 is 16.0 Å². The molecule has 51 heavy (non-hydrogen) atoms.